The molecule has 1 aromatic carbocycles. The number of carboxylic acid groups (broad SMARTS) is 1. The van der Waals surface area contributed by atoms with Crippen LogP contribution in [0.25, 0.3) is 0 Å². The predicted octanol–water partition coefficient (Wildman–Crippen LogP) is 2.19. The zero-order chi connectivity index (χ0) is 12.7. The molecule has 0 saturated heterocycles. The van der Waals surface area contributed by atoms with E-state index < -0.39 is 5.97 Å². The van der Waals surface area contributed by atoms with Gasteiger partial charge in [0.2, 0.25) is 0 Å². The van der Waals surface area contributed by atoms with Crippen LogP contribution in [-0.4, -0.2) is 24.2 Å². The number of anilines is 1. The van der Waals surface area contributed by atoms with Gasteiger partial charge < -0.3 is 10.0 Å². The molecule has 1 rings (SSSR count). The number of carbonyl (C=O) groups is 1. The Hall–Kier alpha value is -2.02. The van der Waals surface area contributed by atoms with Crippen LogP contribution in [0, 0.1) is 18.3 Å². The van der Waals surface area contributed by atoms with Gasteiger partial charge in [-0.15, -0.1) is 0 Å². The number of nitrogens with zero attached hydrogens (tertiary/aromatic N) is 2. The predicted molar refractivity (Wildman–Crippen MR) is 65.9 cm³/mol. The minimum atomic E-state index is -0.859. The van der Waals surface area contributed by atoms with Crippen LogP contribution in [-0.2, 0) is 4.79 Å². The van der Waals surface area contributed by atoms with Gasteiger partial charge in [0.25, 0.3) is 0 Å². The first kappa shape index (κ1) is 13.0. The van der Waals surface area contributed by atoms with E-state index in [0.29, 0.717) is 19.4 Å². The molecule has 0 aliphatic carbocycles. The molecule has 0 spiro atoms. The van der Waals surface area contributed by atoms with Crippen molar-refractivity contribution >= 4 is 11.7 Å². The molecule has 0 amide bonds. The van der Waals surface area contributed by atoms with Gasteiger partial charge in [0.15, 0.2) is 0 Å². The van der Waals surface area contributed by atoms with Gasteiger partial charge in [0.1, 0.15) is 6.54 Å². The van der Waals surface area contributed by atoms with Crippen molar-refractivity contribution in [2.45, 2.75) is 19.8 Å². The maximum Gasteiger partial charge on any atom is 0.323 e. The third-order valence-corrected chi connectivity index (χ3v) is 2.44. The van der Waals surface area contributed by atoms with Gasteiger partial charge in [0, 0.05) is 18.7 Å². The summed E-state index contributed by atoms with van der Waals surface area (Å²) < 4.78 is 0. The van der Waals surface area contributed by atoms with Crippen LogP contribution in [0.5, 0.6) is 0 Å². The fraction of sp³-hybridized carbons (Fsp3) is 0.385. The van der Waals surface area contributed by atoms with Crippen molar-refractivity contribution in [1.29, 1.82) is 5.26 Å². The van der Waals surface area contributed by atoms with E-state index in [1.165, 1.54) is 0 Å². The molecule has 0 heterocycles. The maximum atomic E-state index is 10.8. The number of benzene rings is 1. The zero-order valence-electron chi connectivity index (χ0n) is 9.89. The van der Waals surface area contributed by atoms with Crippen molar-refractivity contribution in [3.63, 3.8) is 0 Å². The fourth-order valence-electron chi connectivity index (χ4n) is 1.57. The van der Waals surface area contributed by atoms with Gasteiger partial charge in [-0.25, -0.2) is 0 Å². The molecule has 0 aliphatic rings. The Morgan fingerprint density at radius 2 is 2.06 bits per heavy atom. The van der Waals surface area contributed by atoms with E-state index in [9.17, 15) is 4.79 Å². The number of rotatable bonds is 6. The molecule has 0 radical (unpaired) electrons. The van der Waals surface area contributed by atoms with Gasteiger partial charge in [-0.05, 0) is 25.5 Å². The first-order valence-corrected chi connectivity index (χ1v) is 5.54. The van der Waals surface area contributed by atoms with Gasteiger partial charge in [0.05, 0.1) is 6.07 Å². The molecule has 0 aromatic heterocycles. The molecule has 4 nitrogen and oxygen atoms in total. The normalized spacial score (nSPS) is 9.65. The van der Waals surface area contributed by atoms with Crippen LogP contribution in [0.3, 0.4) is 0 Å². The number of carboxylic acids is 1. The first-order valence-electron chi connectivity index (χ1n) is 5.54. The summed E-state index contributed by atoms with van der Waals surface area (Å²) in [7, 11) is 0. The second-order valence-corrected chi connectivity index (χ2v) is 3.91. The number of nitriles is 1. The molecule has 90 valence electrons. The Morgan fingerprint density at radius 3 is 2.59 bits per heavy atom. The van der Waals surface area contributed by atoms with Crippen molar-refractivity contribution in [3.8, 4) is 6.07 Å². The highest BCUT2D eigenvalue weighted by Crippen LogP contribution is 2.15. The lowest BCUT2D eigenvalue weighted by molar-refractivity contribution is -0.135. The number of aliphatic carboxylic acids is 1. The lowest BCUT2D eigenvalue weighted by atomic mass is 10.2. The zero-order valence-corrected chi connectivity index (χ0v) is 9.89. The molecule has 1 N–H and O–H groups in total. The van der Waals surface area contributed by atoms with Crippen LogP contribution < -0.4 is 4.90 Å². The summed E-state index contributed by atoms with van der Waals surface area (Å²) in [5.41, 5.74) is 2.02. The number of hydrogen-bond acceptors (Lipinski definition) is 3. The quantitative estimate of drug-likeness (QED) is 0.763. The topological polar surface area (TPSA) is 64.3 Å². The molecule has 0 unspecified atom stereocenters. The first-order chi connectivity index (χ1) is 8.13. The highest BCUT2D eigenvalue weighted by atomic mass is 16.4. The summed E-state index contributed by atoms with van der Waals surface area (Å²) in [5, 5.41) is 17.3. The van der Waals surface area contributed by atoms with Gasteiger partial charge in [-0.3, -0.25) is 4.79 Å². The van der Waals surface area contributed by atoms with E-state index in [1.807, 2.05) is 31.2 Å². The summed E-state index contributed by atoms with van der Waals surface area (Å²) in [6, 6.07) is 9.78. The van der Waals surface area contributed by atoms with E-state index >= 15 is 0 Å². The fourth-order valence-corrected chi connectivity index (χ4v) is 1.57. The van der Waals surface area contributed by atoms with Gasteiger partial charge in [-0.2, -0.15) is 5.26 Å². The largest absolute Gasteiger partial charge is 0.480 e. The SMILES string of the molecule is Cc1ccc(N(CCCC#N)CC(=O)O)cc1. The summed E-state index contributed by atoms with van der Waals surface area (Å²) in [5.74, 6) is -0.859. The van der Waals surface area contributed by atoms with Crippen molar-refractivity contribution in [3.05, 3.63) is 29.8 Å². The average molecular weight is 232 g/mol. The molecular weight excluding hydrogens is 216 g/mol. The highest BCUT2D eigenvalue weighted by molar-refractivity contribution is 5.73. The maximum absolute atomic E-state index is 10.8. The van der Waals surface area contributed by atoms with E-state index in [-0.39, 0.29) is 6.54 Å². The molecule has 0 fully saturated rings. The van der Waals surface area contributed by atoms with Crippen LogP contribution in [0.4, 0.5) is 5.69 Å². The summed E-state index contributed by atoms with van der Waals surface area (Å²) >= 11 is 0. The molecule has 1 aromatic rings. The molecule has 0 bridgehead atoms. The van der Waals surface area contributed by atoms with E-state index in [4.69, 9.17) is 10.4 Å². The third-order valence-electron chi connectivity index (χ3n) is 2.44. The molecule has 0 aliphatic heterocycles. The lowest BCUT2D eigenvalue weighted by Crippen LogP contribution is -2.30. The third kappa shape index (κ3) is 4.56. The lowest BCUT2D eigenvalue weighted by Gasteiger charge is -2.22. The van der Waals surface area contributed by atoms with E-state index in [2.05, 4.69) is 6.07 Å². The Morgan fingerprint density at radius 1 is 1.41 bits per heavy atom. The number of hydrogen-bond donors (Lipinski definition) is 1. The summed E-state index contributed by atoms with van der Waals surface area (Å²) in [6.07, 6.45) is 1.12. The second kappa shape index (κ2) is 6.54. The Bertz CT molecular complexity index is 406. The van der Waals surface area contributed by atoms with E-state index in [0.717, 1.165) is 11.3 Å². The van der Waals surface area contributed by atoms with Gasteiger partial charge >= 0.3 is 5.97 Å². The Kier molecular flexibility index (Phi) is 5.02. The molecule has 4 heteroatoms. The molecule has 17 heavy (non-hydrogen) atoms. The smallest absolute Gasteiger partial charge is 0.323 e. The van der Waals surface area contributed by atoms with Crippen molar-refractivity contribution < 1.29 is 9.90 Å². The summed E-state index contributed by atoms with van der Waals surface area (Å²) in [6.45, 7) is 2.54. The summed E-state index contributed by atoms with van der Waals surface area (Å²) in [4.78, 5) is 12.6. The highest BCUT2D eigenvalue weighted by Gasteiger charge is 2.09. The Labute approximate surface area is 101 Å². The minimum absolute atomic E-state index is 0.0332. The van der Waals surface area contributed by atoms with Crippen molar-refractivity contribution in [2.75, 3.05) is 18.0 Å². The monoisotopic (exact) mass is 232 g/mol. The van der Waals surface area contributed by atoms with Crippen LogP contribution in [0.2, 0.25) is 0 Å². The second-order valence-electron chi connectivity index (χ2n) is 3.91. The van der Waals surface area contributed by atoms with Gasteiger partial charge in [-0.1, -0.05) is 17.7 Å². The van der Waals surface area contributed by atoms with E-state index in [1.54, 1.807) is 4.90 Å². The molecule has 0 atom stereocenters. The standard InChI is InChI=1S/C13H16N2O2/c1-11-4-6-12(7-5-11)15(10-13(16)17)9-3-2-8-14/h4-7H,2-3,9-10H2,1H3,(H,16,17). The van der Waals surface area contributed by atoms with Crippen molar-refractivity contribution in [2.24, 2.45) is 0 Å². The molecular formula is C13H16N2O2. The molecule has 0 saturated carbocycles. The minimum Gasteiger partial charge on any atom is -0.480 e. The van der Waals surface area contributed by atoms with Crippen LogP contribution in [0.1, 0.15) is 18.4 Å². The number of unbranched alkanes of at least 4 members (excludes halogenated alkanes) is 1. The number of aryl methyl sites for hydroxylation is 1. The van der Waals surface area contributed by atoms with Crippen LogP contribution >= 0.6 is 0 Å². The average Bonchev–Trinajstić information content (AvgIpc) is 2.28. The van der Waals surface area contributed by atoms with Crippen LogP contribution in [0.15, 0.2) is 24.3 Å². The van der Waals surface area contributed by atoms with Crippen molar-refractivity contribution in [1.82, 2.24) is 0 Å². The Balaban J connectivity index is 2.71.